The third-order valence-electron chi connectivity index (χ3n) is 5.47. The highest BCUT2D eigenvalue weighted by atomic mass is 16.5. The standard InChI is InChI=1S/C22H28N2O4/c1-3-14-23(21(26)16-8-6-5-7-9-16)19-15-20(25)24(22(19)27)17-10-12-18(13-11-17)28-4-2/h3,10-13,16,19H,1,4-9,14-15H2,2H3. The van der Waals surface area contributed by atoms with Gasteiger partial charge in [0.2, 0.25) is 11.8 Å². The maximum atomic E-state index is 13.1. The molecule has 3 rings (SSSR count). The second-order valence-corrected chi connectivity index (χ2v) is 7.33. The molecule has 1 aromatic carbocycles. The van der Waals surface area contributed by atoms with Crippen molar-refractivity contribution in [3.8, 4) is 5.75 Å². The van der Waals surface area contributed by atoms with E-state index in [-0.39, 0.29) is 36.6 Å². The lowest BCUT2D eigenvalue weighted by molar-refractivity contribution is -0.142. The van der Waals surface area contributed by atoms with Gasteiger partial charge in [0.25, 0.3) is 5.91 Å². The SMILES string of the molecule is C=CCN(C(=O)C1CCCCC1)C1CC(=O)N(c2ccc(OCC)cc2)C1=O. The fraction of sp³-hybridized carbons (Fsp3) is 0.500. The lowest BCUT2D eigenvalue weighted by Gasteiger charge is -2.31. The third-order valence-corrected chi connectivity index (χ3v) is 5.47. The van der Waals surface area contributed by atoms with Gasteiger partial charge in [-0.3, -0.25) is 14.4 Å². The van der Waals surface area contributed by atoms with Crippen molar-refractivity contribution < 1.29 is 19.1 Å². The molecule has 1 atom stereocenters. The first-order chi connectivity index (χ1) is 13.6. The quantitative estimate of drug-likeness (QED) is 0.534. The highest BCUT2D eigenvalue weighted by Crippen LogP contribution is 2.31. The van der Waals surface area contributed by atoms with Gasteiger partial charge in [-0.25, -0.2) is 4.90 Å². The average molecular weight is 384 g/mol. The molecule has 0 aromatic heterocycles. The number of nitrogens with zero attached hydrogens (tertiary/aromatic N) is 2. The summed E-state index contributed by atoms with van der Waals surface area (Å²) in [7, 11) is 0. The van der Waals surface area contributed by atoms with Crippen LogP contribution in [0.3, 0.4) is 0 Å². The summed E-state index contributed by atoms with van der Waals surface area (Å²) in [6, 6.07) is 6.11. The van der Waals surface area contributed by atoms with E-state index in [1.54, 1.807) is 35.2 Å². The fourth-order valence-electron chi connectivity index (χ4n) is 4.08. The minimum Gasteiger partial charge on any atom is -0.494 e. The molecule has 1 saturated heterocycles. The first kappa shape index (κ1) is 20.1. The Hall–Kier alpha value is -2.63. The maximum absolute atomic E-state index is 13.1. The van der Waals surface area contributed by atoms with E-state index in [0.717, 1.165) is 32.1 Å². The molecule has 0 bridgehead atoms. The average Bonchev–Trinajstić information content (AvgIpc) is 3.01. The van der Waals surface area contributed by atoms with Gasteiger partial charge in [0, 0.05) is 12.5 Å². The zero-order valence-corrected chi connectivity index (χ0v) is 16.4. The molecule has 1 unspecified atom stereocenters. The number of hydrogen-bond donors (Lipinski definition) is 0. The van der Waals surface area contributed by atoms with E-state index in [2.05, 4.69) is 6.58 Å². The summed E-state index contributed by atoms with van der Waals surface area (Å²) in [6.07, 6.45) is 6.56. The van der Waals surface area contributed by atoms with Crippen molar-refractivity contribution in [1.29, 1.82) is 0 Å². The second kappa shape index (κ2) is 9.04. The summed E-state index contributed by atoms with van der Waals surface area (Å²) < 4.78 is 5.41. The highest BCUT2D eigenvalue weighted by Gasteiger charge is 2.45. The van der Waals surface area contributed by atoms with Gasteiger partial charge < -0.3 is 9.64 Å². The van der Waals surface area contributed by atoms with Crippen LogP contribution in [0.5, 0.6) is 5.75 Å². The second-order valence-electron chi connectivity index (χ2n) is 7.33. The summed E-state index contributed by atoms with van der Waals surface area (Å²) in [5, 5.41) is 0. The molecule has 3 amide bonds. The van der Waals surface area contributed by atoms with Gasteiger partial charge in [0.1, 0.15) is 11.8 Å². The molecule has 1 saturated carbocycles. The normalized spacial score (nSPS) is 20.3. The van der Waals surface area contributed by atoms with Crippen LogP contribution in [0.25, 0.3) is 0 Å². The molecule has 6 heteroatoms. The summed E-state index contributed by atoms with van der Waals surface area (Å²) in [4.78, 5) is 41.5. The molecular weight excluding hydrogens is 356 g/mol. The fourth-order valence-corrected chi connectivity index (χ4v) is 4.08. The molecule has 0 spiro atoms. The maximum Gasteiger partial charge on any atom is 0.257 e. The lowest BCUT2D eigenvalue weighted by Crippen LogP contribution is -2.48. The van der Waals surface area contributed by atoms with Gasteiger partial charge in [-0.1, -0.05) is 25.3 Å². The number of amides is 3. The molecule has 1 heterocycles. The number of imide groups is 1. The zero-order valence-electron chi connectivity index (χ0n) is 16.4. The van der Waals surface area contributed by atoms with Gasteiger partial charge in [-0.2, -0.15) is 0 Å². The first-order valence-corrected chi connectivity index (χ1v) is 10.1. The van der Waals surface area contributed by atoms with Crippen molar-refractivity contribution in [2.45, 2.75) is 51.5 Å². The Morgan fingerprint density at radius 1 is 1.21 bits per heavy atom. The molecule has 28 heavy (non-hydrogen) atoms. The number of hydrogen-bond acceptors (Lipinski definition) is 4. The van der Waals surface area contributed by atoms with Crippen LogP contribution in [0.2, 0.25) is 0 Å². The molecule has 0 N–H and O–H groups in total. The van der Waals surface area contributed by atoms with Crippen molar-refractivity contribution in [1.82, 2.24) is 4.90 Å². The van der Waals surface area contributed by atoms with E-state index in [4.69, 9.17) is 4.74 Å². The van der Waals surface area contributed by atoms with Gasteiger partial charge >= 0.3 is 0 Å². The van der Waals surface area contributed by atoms with Crippen LogP contribution in [-0.4, -0.2) is 41.8 Å². The first-order valence-electron chi connectivity index (χ1n) is 10.1. The molecule has 1 aliphatic heterocycles. The largest absolute Gasteiger partial charge is 0.494 e. The smallest absolute Gasteiger partial charge is 0.257 e. The van der Waals surface area contributed by atoms with Crippen LogP contribution < -0.4 is 9.64 Å². The Balaban J connectivity index is 1.79. The summed E-state index contributed by atoms with van der Waals surface area (Å²) >= 11 is 0. The van der Waals surface area contributed by atoms with Crippen molar-refractivity contribution in [3.63, 3.8) is 0 Å². The number of rotatable bonds is 7. The van der Waals surface area contributed by atoms with Crippen LogP contribution >= 0.6 is 0 Å². The molecule has 2 aliphatic rings. The van der Waals surface area contributed by atoms with Crippen LogP contribution in [0.15, 0.2) is 36.9 Å². The molecule has 6 nitrogen and oxygen atoms in total. The molecule has 150 valence electrons. The molecule has 1 aliphatic carbocycles. The van der Waals surface area contributed by atoms with E-state index >= 15 is 0 Å². The molecule has 1 aromatic rings. The predicted octanol–water partition coefficient (Wildman–Crippen LogP) is 3.31. The van der Waals surface area contributed by atoms with E-state index in [1.807, 2.05) is 6.92 Å². The minimum absolute atomic E-state index is 0.0122. The number of benzene rings is 1. The summed E-state index contributed by atoms with van der Waals surface area (Å²) in [6.45, 7) is 6.44. The van der Waals surface area contributed by atoms with Gasteiger partial charge in [-0.15, -0.1) is 6.58 Å². The van der Waals surface area contributed by atoms with Crippen molar-refractivity contribution >= 4 is 23.4 Å². The Morgan fingerprint density at radius 2 is 1.89 bits per heavy atom. The van der Waals surface area contributed by atoms with E-state index in [1.165, 1.54) is 4.90 Å². The minimum atomic E-state index is -0.758. The number of carbonyl (C=O) groups is 3. The summed E-state index contributed by atoms with van der Waals surface area (Å²) in [5.74, 6) is -0.0390. The van der Waals surface area contributed by atoms with Crippen molar-refractivity contribution in [2.24, 2.45) is 5.92 Å². The van der Waals surface area contributed by atoms with Gasteiger partial charge in [0.05, 0.1) is 18.7 Å². The topological polar surface area (TPSA) is 66.9 Å². The molecule has 2 fully saturated rings. The van der Waals surface area contributed by atoms with Crippen LogP contribution in [0.1, 0.15) is 45.4 Å². The van der Waals surface area contributed by atoms with E-state index < -0.39 is 6.04 Å². The number of carbonyl (C=O) groups excluding carboxylic acids is 3. The van der Waals surface area contributed by atoms with Crippen LogP contribution in [-0.2, 0) is 14.4 Å². The van der Waals surface area contributed by atoms with E-state index in [0.29, 0.717) is 18.0 Å². The Labute approximate surface area is 166 Å². The Bertz CT molecular complexity index is 737. The summed E-state index contributed by atoms with van der Waals surface area (Å²) in [5.41, 5.74) is 0.504. The van der Waals surface area contributed by atoms with Crippen molar-refractivity contribution in [3.05, 3.63) is 36.9 Å². The van der Waals surface area contributed by atoms with Gasteiger partial charge in [-0.05, 0) is 44.0 Å². The Kier molecular flexibility index (Phi) is 6.49. The highest BCUT2D eigenvalue weighted by molar-refractivity contribution is 6.23. The van der Waals surface area contributed by atoms with E-state index in [9.17, 15) is 14.4 Å². The molecular formula is C22H28N2O4. The third kappa shape index (κ3) is 4.11. The van der Waals surface area contributed by atoms with Crippen molar-refractivity contribution in [2.75, 3.05) is 18.1 Å². The van der Waals surface area contributed by atoms with Crippen LogP contribution in [0.4, 0.5) is 5.69 Å². The van der Waals surface area contributed by atoms with Crippen LogP contribution in [0, 0.1) is 5.92 Å². The molecule has 0 radical (unpaired) electrons. The monoisotopic (exact) mass is 384 g/mol. The zero-order chi connectivity index (χ0) is 20.1. The Morgan fingerprint density at radius 3 is 2.50 bits per heavy atom. The number of anilines is 1. The van der Waals surface area contributed by atoms with Gasteiger partial charge in [0.15, 0.2) is 0 Å². The predicted molar refractivity (Wildman–Crippen MR) is 107 cm³/mol. The lowest BCUT2D eigenvalue weighted by atomic mass is 9.88. The number of ether oxygens (including phenoxy) is 1.